The topological polar surface area (TPSA) is 78.4 Å². The zero-order valence-corrected chi connectivity index (χ0v) is 12.7. The Labute approximate surface area is 127 Å². The molecule has 0 saturated heterocycles. The van der Waals surface area contributed by atoms with Gasteiger partial charge >= 0.3 is 11.8 Å². The smallest absolute Gasteiger partial charge is 0.313 e. The largest absolute Gasteiger partial charge is 0.388 e. The normalized spacial score (nSPS) is 14.8. The molecule has 0 aromatic heterocycles. The first kappa shape index (κ1) is 18.0. The average molecular weight is 314 g/mol. The molecule has 0 fully saturated rings. The molecule has 1 aromatic rings. The van der Waals surface area contributed by atoms with E-state index in [4.69, 9.17) is 0 Å². The number of hydrogen-bond donors (Lipinski definition) is 3. The van der Waals surface area contributed by atoms with Crippen LogP contribution in [0.15, 0.2) is 18.2 Å². The van der Waals surface area contributed by atoms with Crippen molar-refractivity contribution in [2.24, 2.45) is 5.92 Å². The van der Waals surface area contributed by atoms with E-state index in [0.29, 0.717) is 6.42 Å². The van der Waals surface area contributed by atoms with Crippen LogP contribution in [-0.4, -0.2) is 29.1 Å². The van der Waals surface area contributed by atoms with Crippen molar-refractivity contribution in [2.75, 3.05) is 11.9 Å². The molecular formula is C15H20F2N2O3. The van der Waals surface area contributed by atoms with E-state index in [-0.39, 0.29) is 12.5 Å². The van der Waals surface area contributed by atoms with Crippen LogP contribution >= 0.6 is 0 Å². The molecule has 0 saturated carbocycles. The molecule has 122 valence electrons. The second-order valence-corrected chi connectivity index (χ2v) is 5.40. The van der Waals surface area contributed by atoms with E-state index in [1.54, 1.807) is 6.92 Å². The fourth-order valence-corrected chi connectivity index (χ4v) is 1.73. The van der Waals surface area contributed by atoms with E-state index < -0.39 is 34.7 Å². The third-order valence-corrected chi connectivity index (χ3v) is 3.69. The van der Waals surface area contributed by atoms with Crippen LogP contribution < -0.4 is 10.6 Å². The summed E-state index contributed by atoms with van der Waals surface area (Å²) in [5, 5.41) is 14.4. The molecule has 0 bridgehead atoms. The number of nitrogens with one attached hydrogen (secondary N) is 2. The highest BCUT2D eigenvalue weighted by Crippen LogP contribution is 2.19. The molecule has 1 aromatic carbocycles. The Hall–Kier alpha value is -2.02. The molecule has 5 nitrogen and oxygen atoms in total. The van der Waals surface area contributed by atoms with Crippen LogP contribution in [0.5, 0.6) is 0 Å². The summed E-state index contributed by atoms with van der Waals surface area (Å²) in [5.41, 5.74) is -1.59. The van der Waals surface area contributed by atoms with Crippen molar-refractivity contribution in [3.63, 3.8) is 0 Å². The van der Waals surface area contributed by atoms with Crippen molar-refractivity contribution in [3.05, 3.63) is 29.8 Å². The fourth-order valence-electron chi connectivity index (χ4n) is 1.73. The van der Waals surface area contributed by atoms with Gasteiger partial charge in [-0.3, -0.25) is 9.59 Å². The van der Waals surface area contributed by atoms with Crippen molar-refractivity contribution in [2.45, 2.75) is 32.8 Å². The third-order valence-electron chi connectivity index (χ3n) is 3.69. The van der Waals surface area contributed by atoms with Gasteiger partial charge in [-0.2, -0.15) is 0 Å². The molecular weight excluding hydrogens is 294 g/mol. The number of halogens is 2. The van der Waals surface area contributed by atoms with Crippen LogP contribution in [0.2, 0.25) is 0 Å². The standard InChI is InChI=1S/C15H20F2N2O3/c1-4-9(2)15(3,22)8-18-13(20)14(21)19-11-7-5-6-10(16)12(11)17/h5-7,9,22H,4,8H2,1-3H3,(H,18,20)(H,19,21)/t9-,15+/m1/s1. The SMILES string of the molecule is CC[C@@H](C)[C@@](C)(O)CNC(=O)C(=O)Nc1cccc(F)c1F. The molecule has 3 N–H and O–H groups in total. The maximum absolute atomic E-state index is 13.4. The average Bonchev–Trinajstić information content (AvgIpc) is 2.48. The molecule has 0 aliphatic heterocycles. The third kappa shape index (κ3) is 4.49. The van der Waals surface area contributed by atoms with Crippen molar-refractivity contribution in [1.82, 2.24) is 5.32 Å². The zero-order chi connectivity index (χ0) is 16.9. The van der Waals surface area contributed by atoms with E-state index in [2.05, 4.69) is 5.32 Å². The summed E-state index contributed by atoms with van der Waals surface area (Å²) in [6.45, 7) is 5.13. The van der Waals surface area contributed by atoms with Gasteiger partial charge in [0.05, 0.1) is 11.3 Å². The predicted molar refractivity (Wildman–Crippen MR) is 78.1 cm³/mol. The monoisotopic (exact) mass is 314 g/mol. The van der Waals surface area contributed by atoms with E-state index >= 15 is 0 Å². The van der Waals surface area contributed by atoms with Gasteiger partial charge in [0.1, 0.15) is 0 Å². The van der Waals surface area contributed by atoms with Crippen LogP contribution in [0.3, 0.4) is 0 Å². The Bertz CT molecular complexity index is 562. The molecule has 2 atom stereocenters. The summed E-state index contributed by atoms with van der Waals surface area (Å²) >= 11 is 0. The van der Waals surface area contributed by atoms with E-state index in [1.807, 2.05) is 19.2 Å². The van der Waals surface area contributed by atoms with E-state index in [1.165, 1.54) is 6.07 Å². The quantitative estimate of drug-likeness (QED) is 0.725. The lowest BCUT2D eigenvalue weighted by Crippen LogP contribution is -2.47. The Morgan fingerprint density at radius 2 is 1.95 bits per heavy atom. The fraction of sp³-hybridized carbons (Fsp3) is 0.467. The minimum absolute atomic E-state index is 0.0866. The molecule has 0 spiro atoms. The maximum atomic E-state index is 13.4. The molecule has 1 rings (SSSR count). The Morgan fingerprint density at radius 1 is 1.32 bits per heavy atom. The Balaban J connectivity index is 2.63. The lowest BCUT2D eigenvalue weighted by molar-refractivity contribution is -0.137. The Kier molecular flexibility index (Phi) is 5.99. The first-order valence-electron chi connectivity index (χ1n) is 6.94. The van der Waals surface area contributed by atoms with Crippen molar-refractivity contribution in [3.8, 4) is 0 Å². The first-order chi connectivity index (χ1) is 10.2. The number of amides is 2. The van der Waals surface area contributed by atoms with Crippen molar-refractivity contribution < 1.29 is 23.5 Å². The predicted octanol–water partition coefficient (Wildman–Crippen LogP) is 1.82. The molecule has 0 aliphatic rings. The van der Waals surface area contributed by atoms with Crippen LogP contribution in [0.4, 0.5) is 14.5 Å². The highest BCUT2D eigenvalue weighted by molar-refractivity contribution is 6.39. The van der Waals surface area contributed by atoms with Gasteiger partial charge in [0.15, 0.2) is 11.6 Å². The van der Waals surface area contributed by atoms with Gasteiger partial charge in [-0.15, -0.1) is 0 Å². The summed E-state index contributed by atoms with van der Waals surface area (Å²) in [6, 6.07) is 3.24. The highest BCUT2D eigenvalue weighted by Gasteiger charge is 2.28. The first-order valence-corrected chi connectivity index (χ1v) is 6.94. The number of benzene rings is 1. The summed E-state index contributed by atoms with van der Waals surface area (Å²) in [7, 11) is 0. The summed E-state index contributed by atoms with van der Waals surface area (Å²) in [5.74, 6) is -4.62. The lowest BCUT2D eigenvalue weighted by Gasteiger charge is -2.29. The van der Waals surface area contributed by atoms with Gasteiger partial charge in [-0.25, -0.2) is 8.78 Å². The molecule has 2 amide bonds. The highest BCUT2D eigenvalue weighted by atomic mass is 19.2. The van der Waals surface area contributed by atoms with Crippen molar-refractivity contribution in [1.29, 1.82) is 0 Å². The van der Waals surface area contributed by atoms with Crippen LogP contribution in [0, 0.1) is 17.6 Å². The van der Waals surface area contributed by atoms with Gasteiger partial charge < -0.3 is 15.7 Å². The Morgan fingerprint density at radius 3 is 2.55 bits per heavy atom. The molecule has 7 heteroatoms. The van der Waals surface area contributed by atoms with E-state index in [9.17, 15) is 23.5 Å². The number of carbonyl (C=O) groups is 2. The van der Waals surface area contributed by atoms with Crippen LogP contribution in [0.1, 0.15) is 27.2 Å². The number of anilines is 1. The second kappa shape index (κ2) is 7.31. The molecule has 0 radical (unpaired) electrons. The maximum Gasteiger partial charge on any atom is 0.313 e. The summed E-state index contributed by atoms with van der Waals surface area (Å²) < 4.78 is 26.4. The number of hydrogen-bond acceptors (Lipinski definition) is 3. The van der Waals surface area contributed by atoms with Gasteiger partial charge in [0.25, 0.3) is 0 Å². The molecule has 0 heterocycles. The zero-order valence-electron chi connectivity index (χ0n) is 12.7. The van der Waals surface area contributed by atoms with Crippen LogP contribution in [-0.2, 0) is 9.59 Å². The number of rotatable bonds is 5. The van der Waals surface area contributed by atoms with E-state index in [0.717, 1.165) is 12.1 Å². The number of aliphatic hydroxyl groups is 1. The minimum Gasteiger partial charge on any atom is -0.388 e. The van der Waals surface area contributed by atoms with Gasteiger partial charge in [-0.05, 0) is 25.0 Å². The minimum atomic E-state index is -1.24. The number of carbonyl (C=O) groups excluding carboxylic acids is 2. The second-order valence-electron chi connectivity index (χ2n) is 5.40. The lowest BCUT2D eigenvalue weighted by atomic mass is 9.89. The molecule has 22 heavy (non-hydrogen) atoms. The van der Waals surface area contributed by atoms with Crippen LogP contribution in [0.25, 0.3) is 0 Å². The van der Waals surface area contributed by atoms with Gasteiger partial charge in [0, 0.05) is 6.54 Å². The van der Waals surface area contributed by atoms with Gasteiger partial charge in [-0.1, -0.05) is 26.3 Å². The van der Waals surface area contributed by atoms with Gasteiger partial charge in [0.2, 0.25) is 0 Å². The summed E-state index contributed by atoms with van der Waals surface area (Å²) in [4.78, 5) is 23.3. The summed E-state index contributed by atoms with van der Waals surface area (Å²) in [6.07, 6.45) is 0.698. The molecule has 0 aliphatic carbocycles. The molecule has 0 unspecified atom stereocenters. The van der Waals surface area contributed by atoms with Crippen molar-refractivity contribution >= 4 is 17.5 Å².